The molecule has 0 radical (unpaired) electrons. The molecule has 112 valence electrons. The average molecular weight is 282 g/mol. The van der Waals surface area contributed by atoms with Crippen LogP contribution >= 0.6 is 0 Å². The van der Waals surface area contributed by atoms with Crippen molar-refractivity contribution in [2.75, 3.05) is 38.0 Å². The van der Waals surface area contributed by atoms with Gasteiger partial charge in [-0.05, 0) is 54.7 Å². The summed E-state index contributed by atoms with van der Waals surface area (Å²) in [6.45, 7) is 0. The minimum Gasteiger partial charge on any atom is -0.378 e. The summed E-state index contributed by atoms with van der Waals surface area (Å²) in [5.41, 5.74) is 5.37. The number of benzene rings is 2. The van der Waals surface area contributed by atoms with Gasteiger partial charge >= 0.3 is 0 Å². The first kappa shape index (κ1) is 15.4. The molecule has 0 aliphatic heterocycles. The zero-order valence-corrected chi connectivity index (χ0v) is 13.6. The van der Waals surface area contributed by atoms with Gasteiger partial charge in [-0.3, -0.25) is 0 Å². The predicted octanol–water partition coefficient (Wildman–Crippen LogP) is 3.99. The van der Waals surface area contributed by atoms with Crippen molar-refractivity contribution in [1.29, 1.82) is 0 Å². The van der Waals surface area contributed by atoms with Gasteiger partial charge in [0.1, 0.15) is 0 Å². The van der Waals surface area contributed by atoms with Crippen LogP contribution in [0.1, 0.15) is 17.5 Å². The second-order valence-corrected chi connectivity index (χ2v) is 5.98. The Morgan fingerprint density at radius 1 is 0.571 bits per heavy atom. The van der Waals surface area contributed by atoms with E-state index in [9.17, 15) is 0 Å². The van der Waals surface area contributed by atoms with Crippen LogP contribution in [0.25, 0.3) is 0 Å². The fourth-order valence-corrected chi connectivity index (χ4v) is 2.42. The molecule has 0 aliphatic rings. The lowest BCUT2D eigenvalue weighted by Crippen LogP contribution is -2.08. The number of rotatable bonds is 6. The Morgan fingerprint density at radius 3 is 1.19 bits per heavy atom. The van der Waals surface area contributed by atoms with E-state index in [1.54, 1.807) is 0 Å². The van der Waals surface area contributed by atoms with Crippen molar-refractivity contribution in [1.82, 2.24) is 0 Å². The first-order valence-electron chi connectivity index (χ1n) is 7.59. The molecule has 2 aromatic carbocycles. The minimum absolute atomic E-state index is 1.14. The molecule has 0 unspecified atom stereocenters. The van der Waals surface area contributed by atoms with E-state index in [1.165, 1.54) is 28.9 Å². The van der Waals surface area contributed by atoms with Crippen LogP contribution in [0.15, 0.2) is 48.5 Å². The van der Waals surface area contributed by atoms with Gasteiger partial charge in [0.25, 0.3) is 0 Å². The molecule has 0 amide bonds. The van der Waals surface area contributed by atoms with Crippen LogP contribution in [-0.2, 0) is 12.8 Å². The molecule has 0 aromatic heterocycles. The number of hydrogen-bond acceptors (Lipinski definition) is 2. The Balaban J connectivity index is 1.83. The normalized spacial score (nSPS) is 10.5. The Morgan fingerprint density at radius 2 is 0.905 bits per heavy atom. The summed E-state index contributed by atoms with van der Waals surface area (Å²) in [4.78, 5) is 4.27. The first-order chi connectivity index (χ1) is 10.1. The highest BCUT2D eigenvalue weighted by Crippen LogP contribution is 2.16. The molecule has 0 heterocycles. The lowest BCUT2D eigenvalue weighted by molar-refractivity contribution is 0.820. The van der Waals surface area contributed by atoms with E-state index < -0.39 is 0 Å². The van der Waals surface area contributed by atoms with Gasteiger partial charge in [-0.2, -0.15) is 0 Å². The summed E-state index contributed by atoms with van der Waals surface area (Å²) in [5.74, 6) is 0. The standard InChI is InChI=1S/C19H26N2/c1-20(2)18-12-8-16(9-13-18)6-5-7-17-10-14-19(15-11-17)21(3)4/h8-15H,5-7H2,1-4H3. The van der Waals surface area contributed by atoms with E-state index in [4.69, 9.17) is 0 Å². The lowest BCUT2D eigenvalue weighted by atomic mass is 10.0. The van der Waals surface area contributed by atoms with Gasteiger partial charge in [0.2, 0.25) is 0 Å². The van der Waals surface area contributed by atoms with Crippen LogP contribution < -0.4 is 9.80 Å². The van der Waals surface area contributed by atoms with Crippen LogP contribution in [-0.4, -0.2) is 28.2 Å². The van der Waals surface area contributed by atoms with Gasteiger partial charge in [0.15, 0.2) is 0 Å². The third kappa shape index (κ3) is 4.52. The van der Waals surface area contributed by atoms with Crippen molar-refractivity contribution >= 4 is 11.4 Å². The Labute approximate surface area is 129 Å². The summed E-state index contributed by atoms with van der Waals surface area (Å²) in [7, 11) is 8.30. The molecule has 21 heavy (non-hydrogen) atoms. The topological polar surface area (TPSA) is 6.48 Å². The molecule has 0 fully saturated rings. The number of nitrogens with zero attached hydrogens (tertiary/aromatic N) is 2. The molecule has 0 N–H and O–H groups in total. The summed E-state index contributed by atoms with van der Waals surface area (Å²) >= 11 is 0. The molecule has 0 spiro atoms. The minimum atomic E-state index is 1.14. The van der Waals surface area contributed by atoms with Crippen LogP contribution in [0.4, 0.5) is 11.4 Å². The molecule has 0 bridgehead atoms. The summed E-state index contributed by atoms with van der Waals surface area (Å²) in [6.07, 6.45) is 3.48. The average Bonchev–Trinajstić information content (AvgIpc) is 2.48. The van der Waals surface area contributed by atoms with Gasteiger partial charge in [0.05, 0.1) is 0 Å². The maximum atomic E-state index is 2.24. The first-order valence-corrected chi connectivity index (χ1v) is 7.59. The van der Waals surface area contributed by atoms with Gasteiger partial charge in [0, 0.05) is 39.6 Å². The van der Waals surface area contributed by atoms with Crippen LogP contribution in [0.3, 0.4) is 0 Å². The molecular formula is C19H26N2. The quantitative estimate of drug-likeness (QED) is 0.790. The Bertz CT molecular complexity index is 487. The fraction of sp³-hybridized carbons (Fsp3) is 0.368. The van der Waals surface area contributed by atoms with Gasteiger partial charge in [-0.15, -0.1) is 0 Å². The highest BCUT2D eigenvalue weighted by molar-refractivity contribution is 5.47. The van der Waals surface area contributed by atoms with Crippen LogP contribution in [0.5, 0.6) is 0 Å². The van der Waals surface area contributed by atoms with E-state index in [2.05, 4.69) is 86.5 Å². The van der Waals surface area contributed by atoms with E-state index in [-0.39, 0.29) is 0 Å². The molecule has 0 saturated carbocycles. The molecule has 2 aromatic rings. The monoisotopic (exact) mass is 282 g/mol. The fourth-order valence-electron chi connectivity index (χ4n) is 2.42. The molecule has 0 saturated heterocycles. The third-order valence-corrected chi connectivity index (χ3v) is 3.84. The molecular weight excluding hydrogens is 256 g/mol. The molecule has 0 aliphatic carbocycles. The maximum absolute atomic E-state index is 2.24. The van der Waals surface area contributed by atoms with Gasteiger partial charge in [-0.25, -0.2) is 0 Å². The third-order valence-electron chi connectivity index (χ3n) is 3.84. The lowest BCUT2D eigenvalue weighted by Gasteiger charge is -2.13. The van der Waals surface area contributed by atoms with Gasteiger partial charge in [-0.1, -0.05) is 24.3 Å². The predicted molar refractivity (Wildman–Crippen MR) is 93.6 cm³/mol. The molecule has 2 nitrogen and oxygen atoms in total. The van der Waals surface area contributed by atoms with E-state index in [1.807, 2.05) is 0 Å². The van der Waals surface area contributed by atoms with Crippen LogP contribution in [0, 0.1) is 0 Å². The number of anilines is 2. The molecule has 0 atom stereocenters. The molecule has 2 rings (SSSR count). The van der Waals surface area contributed by atoms with Crippen LogP contribution in [0.2, 0.25) is 0 Å². The highest BCUT2D eigenvalue weighted by Gasteiger charge is 1.99. The van der Waals surface area contributed by atoms with Gasteiger partial charge < -0.3 is 9.80 Å². The summed E-state index contributed by atoms with van der Waals surface area (Å²) < 4.78 is 0. The summed E-state index contributed by atoms with van der Waals surface area (Å²) in [5, 5.41) is 0. The largest absolute Gasteiger partial charge is 0.378 e. The van der Waals surface area contributed by atoms with Crippen molar-refractivity contribution in [2.45, 2.75) is 19.3 Å². The van der Waals surface area contributed by atoms with Crippen molar-refractivity contribution < 1.29 is 0 Å². The zero-order valence-electron chi connectivity index (χ0n) is 13.6. The number of hydrogen-bond donors (Lipinski definition) is 0. The van der Waals surface area contributed by atoms with Crippen molar-refractivity contribution in [3.05, 3.63) is 59.7 Å². The second-order valence-electron chi connectivity index (χ2n) is 5.98. The highest BCUT2D eigenvalue weighted by atomic mass is 15.1. The summed E-state index contributed by atoms with van der Waals surface area (Å²) in [6, 6.07) is 17.7. The van der Waals surface area contributed by atoms with E-state index >= 15 is 0 Å². The Hall–Kier alpha value is -1.96. The second kappa shape index (κ2) is 7.16. The van der Waals surface area contributed by atoms with Crippen molar-refractivity contribution in [3.63, 3.8) is 0 Å². The van der Waals surface area contributed by atoms with Crippen molar-refractivity contribution in [3.8, 4) is 0 Å². The Kier molecular flexibility index (Phi) is 5.26. The maximum Gasteiger partial charge on any atom is 0.0361 e. The van der Waals surface area contributed by atoms with Crippen molar-refractivity contribution in [2.24, 2.45) is 0 Å². The van der Waals surface area contributed by atoms with E-state index in [0.29, 0.717) is 0 Å². The van der Waals surface area contributed by atoms with E-state index in [0.717, 1.165) is 12.8 Å². The smallest absolute Gasteiger partial charge is 0.0361 e. The molecule has 2 heteroatoms. The zero-order chi connectivity index (χ0) is 15.2. The number of aryl methyl sites for hydroxylation is 2. The SMILES string of the molecule is CN(C)c1ccc(CCCc2ccc(N(C)C)cc2)cc1.